The van der Waals surface area contributed by atoms with Crippen LogP contribution in [0, 0.1) is 22.7 Å². The maximum Gasteiger partial charge on any atom is 0.262 e. The van der Waals surface area contributed by atoms with Gasteiger partial charge in [0.2, 0.25) is 0 Å². The lowest BCUT2D eigenvalue weighted by molar-refractivity contribution is -0.117. The molecule has 1 aliphatic heterocycles. The number of nitrogens with one attached hydrogen (secondary N) is 1. The number of amides is 1. The van der Waals surface area contributed by atoms with Crippen LogP contribution in [0.15, 0.2) is 36.0 Å². The monoisotopic (exact) mass is 348 g/mol. The first-order chi connectivity index (χ1) is 12.7. The van der Waals surface area contributed by atoms with Crippen molar-refractivity contribution in [1.29, 1.82) is 10.5 Å². The second-order valence-electron chi connectivity index (χ2n) is 6.22. The molecule has 2 aromatic rings. The van der Waals surface area contributed by atoms with Gasteiger partial charge in [0.15, 0.2) is 0 Å². The van der Waals surface area contributed by atoms with Gasteiger partial charge >= 0.3 is 0 Å². The third-order valence-electron chi connectivity index (χ3n) is 4.46. The van der Waals surface area contributed by atoms with Gasteiger partial charge in [0.05, 0.1) is 18.6 Å². The summed E-state index contributed by atoms with van der Waals surface area (Å²) in [6.45, 7) is 1.71. The lowest BCUT2D eigenvalue weighted by Gasteiger charge is -2.10. The van der Waals surface area contributed by atoms with Crippen LogP contribution in [0.1, 0.15) is 24.8 Å². The van der Waals surface area contributed by atoms with Crippen molar-refractivity contribution < 1.29 is 9.53 Å². The molecule has 1 atom stereocenters. The standard InChI is InChI=1S/C20H20N4O2/c21-8-4-9-24-14-16(18-6-1-2-7-19(18)24)11-15(12-22)20(25)23-13-17-5-3-10-26-17/h1-2,6-7,11,14,17H,3-5,9-10,13H2,(H,23,25)/b15-11+. The molecule has 3 rings (SSSR count). The zero-order valence-corrected chi connectivity index (χ0v) is 14.4. The van der Waals surface area contributed by atoms with Crippen LogP contribution in [0.2, 0.25) is 0 Å². The Morgan fingerprint density at radius 2 is 2.23 bits per heavy atom. The molecular formula is C20H20N4O2. The van der Waals surface area contributed by atoms with E-state index in [1.807, 2.05) is 41.1 Å². The largest absolute Gasteiger partial charge is 0.376 e. The SMILES string of the molecule is N#CCCn1cc(/C=C(\C#N)C(=O)NCC2CCCO2)c2ccccc21. The van der Waals surface area contributed by atoms with E-state index in [4.69, 9.17) is 10.00 Å². The number of fused-ring (bicyclic) bond motifs is 1. The van der Waals surface area contributed by atoms with E-state index in [-0.39, 0.29) is 11.7 Å². The number of carbonyl (C=O) groups is 1. The molecular weight excluding hydrogens is 328 g/mol. The first kappa shape index (κ1) is 17.7. The highest BCUT2D eigenvalue weighted by atomic mass is 16.5. The Balaban J connectivity index is 1.83. The van der Waals surface area contributed by atoms with Gasteiger partial charge in [-0.3, -0.25) is 4.79 Å². The van der Waals surface area contributed by atoms with E-state index in [0.717, 1.165) is 35.9 Å². The van der Waals surface area contributed by atoms with E-state index >= 15 is 0 Å². The van der Waals surface area contributed by atoms with Gasteiger partial charge in [-0.1, -0.05) is 18.2 Å². The molecule has 0 spiro atoms. The second-order valence-corrected chi connectivity index (χ2v) is 6.22. The van der Waals surface area contributed by atoms with Gasteiger partial charge in [0, 0.05) is 42.4 Å². The topological polar surface area (TPSA) is 90.8 Å². The average Bonchev–Trinajstić information content (AvgIpc) is 3.30. The van der Waals surface area contributed by atoms with E-state index in [2.05, 4.69) is 11.4 Å². The number of ether oxygens (including phenoxy) is 1. The molecule has 1 amide bonds. The molecule has 1 aromatic heterocycles. The van der Waals surface area contributed by atoms with Gasteiger partial charge in [-0.25, -0.2) is 0 Å². The van der Waals surface area contributed by atoms with Crippen LogP contribution < -0.4 is 5.32 Å². The normalized spacial score (nSPS) is 17.0. The minimum atomic E-state index is -0.392. The van der Waals surface area contributed by atoms with Crippen molar-refractivity contribution in [3.63, 3.8) is 0 Å². The third kappa shape index (κ3) is 3.93. The number of carbonyl (C=O) groups excluding carboxylic acids is 1. The number of hydrogen-bond donors (Lipinski definition) is 1. The van der Waals surface area contributed by atoms with E-state index in [1.165, 1.54) is 0 Å². The van der Waals surface area contributed by atoms with Gasteiger partial charge < -0.3 is 14.6 Å². The first-order valence-corrected chi connectivity index (χ1v) is 8.69. The van der Waals surface area contributed by atoms with Crippen molar-refractivity contribution in [2.75, 3.05) is 13.2 Å². The van der Waals surface area contributed by atoms with E-state index in [9.17, 15) is 10.1 Å². The Bertz CT molecular complexity index is 908. The van der Waals surface area contributed by atoms with Crippen molar-refractivity contribution in [2.45, 2.75) is 31.9 Å². The van der Waals surface area contributed by atoms with E-state index in [1.54, 1.807) is 6.08 Å². The molecule has 6 nitrogen and oxygen atoms in total. The first-order valence-electron chi connectivity index (χ1n) is 8.69. The highest BCUT2D eigenvalue weighted by Gasteiger charge is 2.18. The summed E-state index contributed by atoms with van der Waals surface area (Å²) < 4.78 is 7.46. The summed E-state index contributed by atoms with van der Waals surface area (Å²) in [6.07, 6.45) is 5.85. The number of benzene rings is 1. The molecule has 6 heteroatoms. The number of para-hydroxylation sites is 1. The Kier molecular flexibility index (Phi) is 5.68. The molecule has 0 saturated carbocycles. The fraction of sp³-hybridized carbons (Fsp3) is 0.350. The van der Waals surface area contributed by atoms with Gasteiger partial charge in [-0.2, -0.15) is 10.5 Å². The molecule has 2 heterocycles. The Hall–Kier alpha value is -3.09. The molecule has 0 aliphatic carbocycles. The number of aromatic nitrogens is 1. The molecule has 1 saturated heterocycles. The van der Waals surface area contributed by atoms with Crippen LogP contribution >= 0.6 is 0 Å². The van der Waals surface area contributed by atoms with Crippen LogP contribution in [0.3, 0.4) is 0 Å². The summed E-state index contributed by atoms with van der Waals surface area (Å²) in [4.78, 5) is 12.3. The van der Waals surface area contributed by atoms with Crippen LogP contribution in [-0.4, -0.2) is 29.7 Å². The summed E-state index contributed by atoms with van der Waals surface area (Å²) in [6, 6.07) is 11.9. The van der Waals surface area contributed by atoms with Crippen molar-refractivity contribution >= 4 is 22.9 Å². The minimum Gasteiger partial charge on any atom is -0.376 e. The number of aryl methyl sites for hydroxylation is 1. The van der Waals surface area contributed by atoms with Gasteiger partial charge in [0.25, 0.3) is 5.91 Å². The maximum atomic E-state index is 12.3. The molecule has 1 aromatic carbocycles. The molecule has 1 unspecified atom stereocenters. The minimum absolute atomic E-state index is 0.0341. The number of nitrogens with zero attached hydrogens (tertiary/aromatic N) is 3. The fourth-order valence-electron chi connectivity index (χ4n) is 3.16. The predicted octanol–water partition coefficient (Wildman–Crippen LogP) is 2.76. The lowest BCUT2D eigenvalue weighted by atomic mass is 10.1. The molecule has 1 aliphatic rings. The van der Waals surface area contributed by atoms with E-state index in [0.29, 0.717) is 19.5 Å². The Morgan fingerprint density at radius 3 is 2.96 bits per heavy atom. The van der Waals surface area contributed by atoms with Gasteiger partial charge in [0.1, 0.15) is 11.6 Å². The third-order valence-corrected chi connectivity index (χ3v) is 4.46. The summed E-state index contributed by atoms with van der Waals surface area (Å²) in [5.74, 6) is -0.392. The van der Waals surface area contributed by atoms with Crippen LogP contribution in [0.25, 0.3) is 17.0 Å². The molecule has 0 bridgehead atoms. The summed E-state index contributed by atoms with van der Waals surface area (Å²) in [5, 5.41) is 22.0. The highest BCUT2D eigenvalue weighted by molar-refractivity contribution is 6.04. The predicted molar refractivity (Wildman–Crippen MR) is 97.7 cm³/mol. The number of nitriles is 2. The van der Waals surface area contributed by atoms with Crippen molar-refractivity contribution in [2.24, 2.45) is 0 Å². The fourth-order valence-corrected chi connectivity index (χ4v) is 3.16. The Labute approximate surface area is 152 Å². The van der Waals surface area contributed by atoms with Gasteiger partial charge in [-0.05, 0) is 25.0 Å². The molecule has 1 N–H and O–H groups in total. The summed E-state index contributed by atoms with van der Waals surface area (Å²) >= 11 is 0. The number of rotatable bonds is 6. The van der Waals surface area contributed by atoms with Crippen molar-refractivity contribution in [3.05, 3.63) is 41.6 Å². The second kappa shape index (κ2) is 8.33. The molecule has 132 valence electrons. The zero-order chi connectivity index (χ0) is 18.4. The quantitative estimate of drug-likeness (QED) is 0.642. The average molecular weight is 348 g/mol. The maximum absolute atomic E-state index is 12.3. The van der Waals surface area contributed by atoms with Crippen LogP contribution in [-0.2, 0) is 16.1 Å². The smallest absolute Gasteiger partial charge is 0.262 e. The zero-order valence-electron chi connectivity index (χ0n) is 14.4. The summed E-state index contributed by atoms with van der Waals surface area (Å²) in [7, 11) is 0. The molecule has 0 radical (unpaired) electrons. The van der Waals surface area contributed by atoms with Crippen molar-refractivity contribution in [1.82, 2.24) is 9.88 Å². The lowest BCUT2D eigenvalue weighted by Crippen LogP contribution is -2.32. The van der Waals surface area contributed by atoms with Crippen LogP contribution in [0.4, 0.5) is 0 Å². The molecule has 1 fully saturated rings. The van der Waals surface area contributed by atoms with Gasteiger partial charge in [-0.15, -0.1) is 0 Å². The van der Waals surface area contributed by atoms with Crippen LogP contribution in [0.5, 0.6) is 0 Å². The number of hydrogen-bond acceptors (Lipinski definition) is 4. The van der Waals surface area contributed by atoms with E-state index < -0.39 is 5.91 Å². The van der Waals surface area contributed by atoms with Crippen molar-refractivity contribution in [3.8, 4) is 12.1 Å². The molecule has 26 heavy (non-hydrogen) atoms. The summed E-state index contributed by atoms with van der Waals surface area (Å²) in [5.41, 5.74) is 1.83. The highest BCUT2D eigenvalue weighted by Crippen LogP contribution is 2.24. The Morgan fingerprint density at radius 1 is 1.38 bits per heavy atom.